The zero-order valence-corrected chi connectivity index (χ0v) is 8.76. The standard InChI is InChI=1S/C11H22N2/c1-10-7-11(8-10)9-13-5-2-3-12-4-6-13/h10-12H,2-9H2,1H3. The van der Waals surface area contributed by atoms with Crippen molar-refractivity contribution in [1.29, 1.82) is 0 Å². The molecule has 0 unspecified atom stereocenters. The second-order valence-electron chi connectivity index (χ2n) is 4.85. The number of rotatable bonds is 2. The first-order valence-corrected chi connectivity index (χ1v) is 5.77. The third-order valence-electron chi connectivity index (χ3n) is 3.42. The average molecular weight is 182 g/mol. The molecule has 0 spiro atoms. The summed E-state index contributed by atoms with van der Waals surface area (Å²) in [5.41, 5.74) is 0. The van der Waals surface area contributed by atoms with Gasteiger partial charge in [-0.25, -0.2) is 0 Å². The van der Waals surface area contributed by atoms with Crippen LogP contribution in [0.2, 0.25) is 0 Å². The lowest BCUT2D eigenvalue weighted by Crippen LogP contribution is -2.37. The monoisotopic (exact) mass is 182 g/mol. The van der Waals surface area contributed by atoms with Crippen molar-refractivity contribution in [1.82, 2.24) is 10.2 Å². The van der Waals surface area contributed by atoms with Crippen LogP contribution >= 0.6 is 0 Å². The van der Waals surface area contributed by atoms with Gasteiger partial charge in [0.1, 0.15) is 0 Å². The molecule has 0 aromatic rings. The smallest absolute Gasteiger partial charge is 0.0107 e. The van der Waals surface area contributed by atoms with Gasteiger partial charge in [0.25, 0.3) is 0 Å². The van der Waals surface area contributed by atoms with Crippen LogP contribution in [0.1, 0.15) is 26.2 Å². The molecule has 1 N–H and O–H groups in total. The van der Waals surface area contributed by atoms with Crippen LogP contribution in [0.5, 0.6) is 0 Å². The molecule has 1 aliphatic carbocycles. The lowest BCUT2D eigenvalue weighted by molar-refractivity contribution is 0.139. The van der Waals surface area contributed by atoms with E-state index >= 15 is 0 Å². The van der Waals surface area contributed by atoms with E-state index in [9.17, 15) is 0 Å². The molecule has 76 valence electrons. The zero-order chi connectivity index (χ0) is 9.10. The van der Waals surface area contributed by atoms with E-state index in [0.29, 0.717) is 0 Å². The summed E-state index contributed by atoms with van der Waals surface area (Å²) in [7, 11) is 0. The quantitative estimate of drug-likeness (QED) is 0.693. The van der Waals surface area contributed by atoms with Gasteiger partial charge >= 0.3 is 0 Å². The molecular formula is C11H22N2. The molecule has 0 aromatic heterocycles. The molecule has 2 nitrogen and oxygen atoms in total. The van der Waals surface area contributed by atoms with Crippen molar-refractivity contribution < 1.29 is 0 Å². The van der Waals surface area contributed by atoms with Crippen molar-refractivity contribution in [2.45, 2.75) is 26.2 Å². The van der Waals surface area contributed by atoms with Gasteiger partial charge in [0.2, 0.25) is 0 Å². The molecule has 2 heteroatoms. The van der Waals surface area contributed by atoms with E-state index < -0.39 is 0 Å². The van der Waals surface area contributed by atoms with Crippen LogP contribution in [0.25, 0.3) is 0 Å². The Kier molecular flexibility index (Phi) is 3.23. The maximum Gasteiger partial charge on any atom is 0.0107 e. The maximum atomic E-state index is 3.45. The predicted octanol–water partition coefficient (Wildman–Crippen LogP) is 1.33. The van der Waals surface area contributed by atoms with E-state index in [4.69, 9.17) is 0 Å². The average Bonchev–Trinajstić information content (AvgIpc) is 2.30. The molecule has 1 saturated carbocycles. The first-order chi connectivity index (χ1) is 6.34. The fourth-order valence-corrected chi connectivity index (χ4v) is 2.67. The van der Waals surface area contributed by atoms with E-state index in [0.717, 1.165) is 11.8 Å². The minimum absolute atomic E-state index is 1.01. The molecule has 0 radical (unpaired) electrons. The first kappa shape index (κ1) is 9.47. The van der Waals surface area contributed by atoms with Gasteiger partial charge in [-0.3, -0.25) is 0 Å². The van der Waals surface area contributed by atoms with Crippen molar-refractivity contribution in [2.24, 2.45) is 11.8 Å². The Hall–Kier alpha value is -0.0800. The van der Waals surface area contributed by atoms with Gasteiger partial charge in [-0.05, 0) is 44.2 Å². The second-order valence-corrected chi connectivity index (χ2v) is 4.85. The number of nitrogens with zero attached hydrogens (tertiary/aromatic N) is 1. The van der Waals surface area contributed by atoms with Crippen molar-refractivity contribution in [3.63, 3.8) is 0 Å². The number of hydrogen-bond donors (Lipinski definition) is 1. The third kappa shape index (κ3) is 2.68. The number of nitrogens with one attached hydrogen (secondary N) is 1. The van der Waals surface area contributed by atoms with Gasteiger partial charge in [-0.15, -0.1) is 0 Å². The predicted molar refractivity (Wildman–Crippen MR) is 55.8 cm³/mol. The molecular weight excluding hydrogens is 160 g/mol. The van der Waals surface area contributed by atoms with Crippen LogP contribution < -0.4 is 5.32 Å². The van der Waals surface area contributed by atoms with Crippen LogP contribution in [0.15, 0.2) is 0 Å². The summed E-state index contributed by atoms with van der Waals surface area (Å²) < 4.78 is 0. The van der Waals surface area contributed by atoms with E-state index in [-0.39, 0.29) is 0 Å². The highest BCUT2D eigenvalue weighted by Crippen LogP contribution is 2.33. The normalized spacial score (nSPS) is 36.7. The largest absolute Gasteiger partial charge is 0.315 e. The summed E-state index contributed by atoms with van der Waals surface area (Å²) in [4.78, 5) is 2.65. The van der Waals surface area contributed by atoms with Crippen LogP contribution in [-0.2, 0) is 0 Å². The lowest BCUT2D eigenvalue weighted by atomic mass is 9.76. The van der Waals surface area contributed by atoms with E-state index in [2.05, 4.69) is 17.1 Å². The number of hydrogen-bond acceptors (Lipinski definition) is 2. The first-order valence-electron chi connectivity index (χ1n) is 5.77. The minimum atomic E-state index is 1.01. The maximum absolute atomic E-state index is 3.45. The minimum Gasteiger partial charge on any atom is -0.315 e. The fourth-order valence-electron chi connectivity index (χ4n) is 2.67. The molecule has 1 saturated heterocycles. The summed E-state index contributed by atoms with van der Waals surface area (Å²) in [6, 6.07) is 0. The fraction of sp³-hybridized carbons (Fsp3) is 1.00. The zero-order valence-electron chi connectivity index (χ0n) is 8.76. The topological polar surface area (TPSA) is 15.3 Å². The van der Waals surface area contributed by atoms with Gasteiger partial charge < -0.3 is 10.2 Å². The van der Waals surface area contributed by atoms with Gasteiger partial charge in [0, 0.05) is 19.6 Å². The molecule has 13 heavy (non-hydrogen) atoms. The second kappa shape index (κ2) is 4.43. The molecule has 0 aromatic carbocycles. The molecule has 2 fully saturated rings. The van der Waals surface area contributed by atoms with Crippen molar-refractivity contribution >= 4 is 0 Å². The Labute approximate surface area is 81.7 Å². The molecule has 2 aliphatic rings. The molecule has 1 heterocycles. The highest BCUT2D eigenvalue weighted by Gasteiger charge is 2.26. The Balaban J connectivity index is 1.67. The SMILES string of the molecule is CC1CC(CN2CCCNCC2)C1. The summed E-state index contributed by atoms with van der Waals surface area (Å²) >= 11 is 0. The molecule has 0 bridgehead atoms. The molecule has 0 atom stereocenters. The van der Waals surface area contributed by atoms with Crippen molar-refractivity contribution in [3.05, 3.63) is 0 Å². The van der Waals surface area contributed by atoms with Crippen LogP contribution in [0, 0.1) is 11.8 Å². The Morgan fingerprint density at radius 3 is 2.85 bits per heavy atom. The van der Waals surface area contributed by atoms with E-state index in [1.54, 1.807) is 0 Å². The highest BCUT2D eigenvalue weighted by molar-refractivity contribution is 4.80. The Bertz CT molecular complexity index is 144. The molecule has 0 amide bonds. The third-order valence-corrected chi connectivity index (χ3v) is 3.42. The summed E-state index contributed by atoms with van der Waals surface area (Å²) in [6.45, 7) is 8.75. The molecule has 1 aliphatic heterocycles. The molecule has 2 rings (SSSR count). The van der Waals surface area contributed by atoms with Gasteiger partial charge in [0.05, 0.1) is 0 Å². The van der Waals surface area contributed by atoms with E-state index in [1.165, 1.54) is 52.0 Å². The van der Waals surface area contributed by atoms with Gasteiger partial charge in [-0.1, -0.05) is 6.92 Å². The van der Waals surface area contributed by atoms with Crippen LogP contribution in [0.3, 0.4) is 0 Å². The van der Waals surface area contributed by atoms with Gasteiger partial charge in [-0.2, -0.15) is 0 Å². The van der Waals surface area contributed by atoms with E-state index in [1.807, 2.05) is 0 Å². The summed E-state index contributed by atoms with van der Waals surface area (Å²) in [5.74, 6) is 2.03. The summed E-state index contributed by atoms with van der Waals surface area (Å²) in [5, 5.41) is 3.45. The highest BCUT2D eigenvalue weighted by atomic mass is 15.2. The Morgan fingerprint density at radius 2 is 2.08 bits per heavy atom. The Morgan fingerprint density at radius 1 is 1.23 bits per heavy atom. The van der Waals surface area contributed by atoms with Crippen molar-refractivity contribution in [3.8, 4) is 0 Å². The lowest BCUT2D eigenvalue weighted by Gasteiger charge is -2.36. The van der Waals surface area contributed by atoms with Crippen LogP contribution in [-0.4, -0.2) is 37.6 Å². The van der Waals surface area contributed by atoms with Crippen LogP contribution in [0.4, 0.5) is 0 Å². The van der Waals surface area contributed by atoms with Gasteiger partial charge in [0.15, 0.2) is 0 Å². The summed E-state index contributed by atoms with van der Waals surface area (Å²) in [6.07, 6.45) is 4.29. The van der Waals surface area contributed by atoms with Crippen molar-refractivity contribution in [2.75, 3.05) is 32.7 Å².